The van der Waals surface area contributed by atoms with Crippen LogP contribution in [0.5, 0.6) is 0 Å². The molecule has 3 aromatic rings. The van der Waals surface area contributed by atoms with Gasteiger partial charge in [-0.25, -0.2) is 9.97 Å². The summed E-state index contributed by atoms with van der Waals surface area (Å²) in [6.07, 6.45) is 4.52. The summed E-state index contributed by atoms with van der Waals surface area (Å²) in [6, 6.07) is 3.90. The highest BCUT2D eigenvalue weighted by atomic mass is 79.9. The van der Waals surface area contributed by atoms with E-state index in [1.54, 1.807) is 12.4 Å². The number of aromatic nitrogens is 5. The topological polar surface area (TPSA) is 79.4 Å². The van der Waals surface area contributed by atoms with Gasteiger partial charge in [0.25, 0.3) is 0 Å². The number of hydrogen-bond acceptors (Lipinski definition) is 6. The molecule has 0 aliphatic rings. The van der Waals surface area contributed by atoms with Crippen LogP contribution in [0, 0.1) is 0 Å². The Morgan fingerprint density at radius 2 is 2.19 bits per heavy atom. The quantitative estimate of drug-likeness (QED) is 0.674. The number of nitrogens with one attached hydrogen (secondary N) is 2. The fraction of sp³-hybridized carbons (Fsp3) is 0.231. The highest BCUT2D eigenvalue weighted by Crippen LogP contribution is 2.30. The molecule has 0 aliphatic carbocycles. The summed E-state index contributed by atoms with van der Waals surface area (Å²) in [4.78, 5) is 13.3. The Hall–Kier alpha value is -1.67. The van der Waals surface area contributed by atoms with Gasteiger partial charge in [0.05, 0.1) is 11.6 Å². The van der Waals surface area contributed by atoms with E-state index in [9.17, 15) is 0 Å². The Kier molecular flexibility index (Phi) is 4.35. The molecule has 0 radical (unpaired) electrons. The molecule has 3 rings (SSSR count). The molecule has 3 heterocycles. The van der Waals surface area contributed by atoms with E-state index >= 15 is 0 Å². The molecule has 0 saturated heterocycles. The summed E-state index contributed by atoms with van der Waals surface area (Å²) in [5.74, 6) is 0.605. The number of fused-ring (bicyclic) bond motifs is 1. The van der Waals surface area contributed by atoms with Crippen molar-refractivity contribution in [2.24, 2.45) is 0 Å². The van der Waals surface area contributed by atoms with Crippen LogP contribution in [0.3, 0.4) is 0 Å². The van der Waals surface area contributed by atoms with E-state index in [-0.39, 0.29) is 0 Å². The van der Waals surface area contributed by atoms with Crippen molar-refractivity contribution < 1.29 is 0 Å². The second kappa shape index (κ2) is 6.40. The van der Waals surface area contributed by atoms with E-state index in [1.165, 1.54) is 11.8 Å². The number of hydrogen-bond donors (Lipinski definition) is 2. The lowest BCUT2D eigenvalue weighted by Gasteiger charge is -2.06. The third-order valence-electron chi connectivity index (χ3n) is 2.71. The fourth-order valence-corrected chi connectivity index (χ4v) is 2.79. The number of rotatable bonds is 5. The molecule has 0 atom stereocenters. The molecule has 0 aromatic carbocycles. The first kappa shape index (κ1) is 14.3. The minimum absolute atomic E-state index is 0.605. The van der Waals surface area contributed by atoms with Crippen molar-refractivity contribution in [1.29, 1.82) is 0 Å². The van der Waals surface area contributed by atoms with E-state index in [0.717, 1.165) is 38.5 Å². The second-order valence-corrected chi connectivity index (χ2v) is 6.25. The lowest BCUT2D eigenvalue weighted by molar-refractivity contribution is 0.943. The summed E-state index contributed by atoms with van der Waals surface area (Å²) < 4.78 is 0.952. The molecular weight excluding hydrogens is 352 g/mol. The predicted molar refractivity (Wildman–Crippen MR) is 86.5 cm³/mol. The van der Waals surface area contributed by atoms with Gasteiger partial charge in [0.1, 0.15) is 10.1 Å². The zero-order valence-corrected chi connectivity index (χ0v) is 13.7. The Labute approximate surface area is 134 Å². The molecule has 0 unspecified atom stereocenters. The van der Waals surface area contributed by atoms with Gasteiger partial charge in [-0.1, -0.05) is 6.92 Å². The largest absolute Gasteiger partial charge is 0.354 e. The number of anilines is 1. The normalized spacial score (nSPS) is 11.0. The number of aromatic amines is 1. The number of H-pyrrole nitrogens is 1. The summed E-state index contributed by atoms with van der Waals surface area (Å²) in [7, 11) is 0. The summed E-state index contributed by atoms with van der Waals surface area (Å²) >= 11 is 4.88. The molecule has 8 heteroatoms. The molecule has 108 valence electrons. The maximum atomic E-state index is 4.56. The average molecular weight is 365 g/mol. The van der Waals surface area contributed by atoms with Crippen molar-refractivity contribution in [3.8, 4) is 0 Å². The van der Waals surface area contributed by atoms with Crippen LogP contribution >= 0.6 is 27.7 Å². The Morgan fingerprint density at radius 1 is 1.29 bits per heavy atom. The molecule has 0 spiro atoms. The van der Waals surface area contributed by atoms with Crippen molar-refractivity contribution in [3.05, 3.63) is 29.0 Å². The van der Waals surface area contributed by atoms with E-state index < -0.39 is 0 Å². The molecule has 0 aliphatic heterocycles. The molecule has 0 fully saturated rings. The third-order valence-corrected chi connectivity index (χ3v) is 4.13. The van der Waals surface area contributed by atoms with Crippen molar-refractivity contribution in [2.75, 3.05) is 11.9 Å². The summed E-state index contributed by atoms with van der Waals surface area (Å²) in [5.41, 5.74) is 0.725. The van der Waals surface area contributed by atoms with Gasteiger partial charge in [-0.15, -0.1) is 0 Å². The van der Waals surface area contributed by atoms with Crippen LogP contribution in [0.2, 0.25) is 0 Å². The van der Waals surface area contributed by atoms with Gasteiger partial charge in [0.15, 0.2) is 5.65 Å². The lowest BCUT2D eigenvalue weighted by Crippen LogP contribution is -2.05. The number of pyridine rings is 1. The molecule has 3 aromatic heterocycles. The van der Waals surface area contributed by atoms with Crippen LogP contribution < -0.4 is 5.32 Å². The van der Waals surface area contributed by atoms with Gasteiger partial charge >= 0.3 is 0 Å². The van der Waals surface area contributed by atoms with Crippen molar-refractivity contribution >= 4 is 44.7 Å². The number of halogens is 1. The maximum absolute atomic E-state index is 4.56. The minimum atomic E-state index is 0.605. The zero-order chi connectivity index (χ0) is 14.7. The van der Waals surface area contributed by atoms with Gasteiger partial charge < -0.3 is 5.32 Å². The van der Waals surface area contributed by atoms with Crippen LogP contribution in [0.1, 0.15) is 13.3 Å². The number of nitrogens with zero attached hydrogens (tertiary/aromatic N) is 4. The maximum Gasteiger partial charge on any atom is 0.225 e. The van der Waals surface area contributed by atoms with Crippen molar-refractivity contribution in [3.63, 3.8) is 0 Å². The minimum Gasteiger partial charge on any atom is -0.354 e. The first-order chi connectivity index (χ1) is 10.3. The lowest BCUT2D eigenvalue weighted by atomic mass is 10.4. The standard InChI is InChI=1S/C13H13BrN6S/c1-2-5-15-13-18-11-9(7-17-20-11)12(19-13)21-10-4-3-8(14)6-16-10/h3-4,6-7H,2,5H2,1H3,(H2,15,17,18,19,20). The Balaban J connectivity index is 1.95. The van der Waals surface area contributed by atoms with E-state index in [2.05, 4.69) is 53.3 Å². The van der Waals surface area contributed by atoms with Crippen LogP contribution in [0.25, 0.3) is 11.0 Å². The zero-order valence-electron chi connectivity index (χ0n) is 11.3. The van der Waals surface area contributed by atoms with E-state index in [4.69, 9.17) is 0 Å². The SMILES string of the molecule is CCCNc1nc(Sc2ccc(Br)cn2)c2cn[nH]c2n1. The van der Waals surface area contributed by atoms with Gasteiger partial charge in [-0.2, -0.15) is 10.1 Å². The Morgan fingerprint density at radius 3 is 2.95 bits per heavy atom. The molecule has 21 heavy (non-hydrogen) atoms. The average Bonchev–Trinajstić information content (AvgIpc) is 2.96. The fourth-order valence-electron chi connectivity index (χ4n) is 1.72. The molecular formula is C13H13BrN6S. The third kappa shape index (κ3) is 3.33. The van der Waals surface area contributed by atoms with Gasteiger partial charge in [0.2, 0.25) is 5.95 Å². The van der Waals surface area contributed by atoms with Gasteiger partial charge in [-0.3, -0.25) is 5.10 Å². The summed E-state index contributed by atoms with van der Waals surface area (Å²) in [5, 5.41) is 12.7. The summed E-state index contributed by atoms with van der Waals surface area (Å²) in [6.45, 7) is 2.93. The molecule has 2 N–H and O–H groups in total. The van der Waals surface area contributed by atoms with Crippen molar-refractivity contribution in [1.82, 2.24) is 25.1 Å². The van der Waals surface area contributed by atoms with Crippen LogP contribution in [-0.4, -0.2) is 31.7 Å². The Bertz CT molecular complexity index is 742. The van der Waals surface area contributed by atoms with Crippen molar-refractivity contribution in [2.45, 2.75) is 23.4 Å². The monoisotopic (exact) mass is 364 g/mol. The van der Waals surface area contributed by atoms with Crippen LogP contribution in [0.4, 0.5) is 5.95 Å². The predicted octanol–water partition coefficient (Wildman–Crippen LogP) is 3.48. The molecule has 0 bridgehead atoms. The van der Waals surface area contributed by atoms with E-state index in [1.807, 2.05) is 12.1 Å². The first-order valence-corrected chi connectivity index (χ1v) is 8.11. The smallest absolute Gasteiger partial charge is 0.225 e. The van der Waals surface area contributed by atoms with Crippen LogP contribution in [0.15, 0.2) is 39.1 Å². The van der Waals surface area contributed by atoms with Gasteiger partial charge in [-0.05, 0) is 46.2 Å². The molecule has 0 saturated carbocycles. The van der Waals surface area contributed by atoms with Crippen LogP contribution in [-0.2, 0) is 0 Å². The first-order valence-electron chi connectivity index (χ1n) is 6.50. The molecule has 0 amide bonds. The highest BCUT2D eigenvalue weighted by Gasteiger charge is 2.11. The second-order valence-electron chi connectivity index (χ2n) is 4.33. The van der Waals surface area contributed by atoms with E-state index in [0.29, 0.717) is 5.95 Å². The molecule has 6 nitrogen and oxygen atoms in total. The highest BCUT2D eigenvalue weighted by molar-refractivity contribution is 9.10. The van der Waals surface area contributed by atoms with Gasteiger partial charge in [0, 0.05) is 17.2 Å².